The summed E-state index contributed by atoms with van der Waals surface area (Å²) in [7, 11) is 0. The van der Waals surface area contributed by atoms with E-state index in [4.69, 9.17) is 0 Å². The zero-order chi connectivity index (χ0) is 21.8. The number of rotatable bonds is 8. The maximum absolute atomic E-state index is 13.9. The average molecular weight is 413 g/mol. The average Bonchev–Trinajstić information content (AvgIpc) is 2.87. The monoisotopic (exact) mass is 413 g/mol. The molecule has 1 fully saturated rings. The van der Waals surface area contributed by atoms with Crippen LogP contribution in [0.4, 0.5) is 18.0 Å². The van der Waals surface area contributed by atoms with Gasteiger partial charge in [0, 0.05) is 6.04 Å². The zero-order valence-corrected chi connectivity index (χ0v) is 16.7. The van der Waals surface area contributed by atoms with Crippen LogP contribution in [-0.4, -0.2) is 41.5 Å². The first-order valence-corrected chi connectivity index (χ1v) is 9.54. The molecule has 1 heterocycles. The van der Waals surface area contributed by atoms with Crippen LogP contribution in [0.3, 0.4) is 0 Å². The normalized spacial score (nSPS) is 20.7. The molecule has 1 aliphatic heterocycles. The number of benzene rings is 1. The van der Waals surface area contributed by atoms with E-state index in [-0.39, 0.29) is 6.04 Å². The van der Waals surface area contributed by atoms with E-state index in [0.29, 0.717) is 17.2 Å². The van der Waals surface area contributed by atoms with Crippen molar-refractivity contribution in [1.82, 2.24) is 15.5 Å². The number of urea groups is 1. The lowest BCUT2D eigenvalue weighted by Gasteiger charge is -2.29. The summed E-state index contributed by atoms with van der Waals surface area (Å²) in [5, 5.41) is 4.39. The minimum absolute atomic E-state index is 0.219. The molecule has 29 heavy (non-hydrogen) atoms. The fourth-order valence-electron chi connectivity index (χ4n) is 3.33. The van der Waals surface area contributed by atoms with Crippen molar-refractivity contribution < 1.29 is 27.6 Å². The second-order valence-electron chi connectivity index (χ2n) is 7.73. The predicted molar refractivity (Wildman–Crippen MR) is 101 cm³/mol. The lowest BCUT2D eigenvalue weighted by molar-refractivity contribution is -0.198. The van der Waals surface area contributed by atoms with Crippen LogP contribution in [0.2, 0.25) is 0 Å². The number of halogens is 3. The van der Waals surface area contributed by atoms with Gasteiger partial charge in [0.1, 0.15) is 6.54 Å². The number of hydrogen-bond acceptors (Lipinski definition) is 3. The fourth-order valence-corrected chi connectivity index (χ4v) is 3.33. The van der Waals surface area contributed by atoms with E-state index in [1.807, 2.05) is 0 Å². The molecule has 2 atom stereocenters. The Balaban J connectivity index is 2.12. The van der Waals surface area contributed by atoms with Gasteiger partial charge < -0.3 is 10.6 Å². The van der Waals surface area contributed by atoms with Gasteiger partial charge in [0.2, 0.25) is 11.4 Å². The summed E-state index contributed by atoms with van der Waals surface area (Å²) in [4.78, 5) is 37.4. The van der Waals surface area contributed by atoms with Gasteiger partial charge in [-0.2, -0.15) is 13.2 Å². The Bertz CT molecular complexity index is 752. The Morgan fingerprint density at radius 1 is 1.14 bits per heavy atom. The van der Waals surface area contributed by atoms with Gasteiger partial charge >= 0.3 is 12.2 Å². The summed E-state index contributed by atoms with van der Waals surface area (Å²) < 4.78 is 41.7. The second kappa shape index (κ2) is 8.84. The summed E-state index contributed by atoms with van der Waals surface area (Å²) in [5.41, 5.74) is -3.61. The summed E-state index contributed by atoms with van der Waals surface area (Å²) in [5.74, 6) is -1.67. The van der Waals surface area contributed by atoms with Gasteiger partial charge in [-0.05, 0) is 24.8 Å². The van der Waals surface area contributed by atoms with Crippen molar-refractivity contribution in [2.24, 2.45) is 5.92 Å². The molecule has 0 bridgehead atoms. The Kier molecular flexibility index (Phi) is 6.92. The van der Waals surface area contributed by atoms with Gasteiger partial charge in [0.25, 0.3) is 5.91 Å². The number of nitrogens with one attached hydrogen (secondary N) is 2. The number of nitrogens with zero attached hydrogens (tertiary/aromatic N) is 1. The van der Waals surface area contributed by atoms with Crippen molar-refractivity contribution >= 4 is 17.8 Å². The minimum Gasteiger partial charge on any atom is -0.352 e. The van der Waals surface area contributed by atoms with Crippen molar-refractivity contribution in [3.63, 3.8) is 0 Å². The number of hydrogen-bond donors (Lipinski definition) is 2. The van der Waals surface area contributed by atoms with E-state index < -0.39 is 41.7 Å². The zero-order valence-electron chi connectivity index (χ0n) is 16.7. The first kappa shape index (κ1) is 22.7. The number of carbonyl (C=O) groups excluding carboxylic acids is 3. The van der Waals surface area contributed by atoms with Crippen LogP contribution < -0.4 is 10.6 Å². The molecule has 1 saturated heterocycles. The number of alkyl halides is 3. The molecule has 4 amide bonds. The van der Waals surface area contributed by atoms with Crippen LogP contribution in [0.1, 0.15) is 45.6 Å². The Morgan fingerprint density at radius 2 is 1.76 bits per heavy atom. The molecular weight excluding hydrogens is 387 g/mol. The predicted octanol–water partition coefficient (Wildman–Crippen LogP) is 3.33. The summed E-state index contributed by atoms with van der Waals surface area (Å²) >= 11 is 0. The molecule has 1 aromatic rings. The third kappa shape index (κ3) is 4.89. The molecule has 0 saturated carbocycles. The first-order chi connectivity index (χ1) is 13.5. The largest absolute Gasteiger partial charge is 0.425 e. The lowest BCUT2D eigenvalue weighted by Crippen LogP contribution is -2.56. The quantitative estimate of drug-likeness (QED) is 0.642. The van der Waals surface area contributed by atoms with Crippen LogP contribution >= 0.6 is 0 Å². The van der Waals surface area contributed by atoms with E-state index >= 15 is 0 Å². The highest BCUT2D eigenvalue weighted by Crippen LogP contribution is 2.43. The summed E-state index contributed by atoms with van der Waals surface area (Å²) in [6.07, 6.45) is -2.51. The molecule has 0 spiro atoms. The number of imide groups is 1. The van der Waals surface area contributed by atoms with Crippen LogP contribution in [0.15, 0.2) is 30.3 Å². The standard InChI is InChI=1S/C20H26F3N3O3/c1-13(2)8-7-9-14(3)24-16(27)12-26-17(28)19(20(21,22)23,25-18(26)29)15-10-5-4-6-11-15/h4-6,10-11,13-14H,7-9,12H2,1-3H3,(H,24,27)(H,25,29). The van der Waals surface area contributed by atoms with Crippen LogP contribution in [0.5, 0.6) is 0 Å². The summed E-state index contributed by atoms with van der Waals surface area (Å²) in [6, 6.07) is 4.95. The van der Waals surface area contributed by atoms with E-state index in [2.05, 4.69) is 19.2 Å². The molecule has 6 nitrogen and oxygen atoms in total. The SMILES string of the molecule is CC(C)CCCC(C)NC(=O)CN1C(=O)NC(c2ccccc2)(C(F)(F)F)C1=O. The van der Waals surface area contributed by atoms with E-state index in [1.165, 1.54) is 18.2 Å². The van der Waals surface area contributed by atoms with Gasteiger partial charge in [-0.15, -0.1) is 0 Å². The van der Waals surface area contributed by atoms with Crippen molar-refractivity contribution in [1.29, 1.82) is 0 Å². The highest BCUT2D eigenvalue weighted by atomic mass is 19.4. The highest BCUT2D eigenvalue weighted by molar-refractivity contribution is 6.10. The summed E-state index contributed by atoms with van der Waals surface area (Å²) in [6.45, 7) is 5.17. The Morgan fingerprint density at radius 3 is 2.31 bits per heavy atom. The highest BCUT2D eigenvalue weighted by Gasteiger charge is 2.68. The van der Waals surface area contributed by atoms with Crippen LogP contribution in [-0.2, 0) is 15.1 Å². The maximum atomic E-state index is 13.9. The molecule has 2 rings (SSSR count). The third-order valence-electron chi connectivity index (χ3n) is 4.87. The van der Waals surface area contributed by atoms with Crippen molar-refractivity contribution in [2.45, 2.75) is 57.8 Å². The maximum Gasteiger partial charge on any atom is 0.425 e. The molecule has 0 radical (unpaired) electrons. The van der Waals surface area contributed by atoms with Gasteiger partial charge in [0.15, 0.2) is 0 Å². The lowest BCUT2D eigenvalue weighted by atomic mass is 9.89. The fraction of sp³-hybridized carbons (Fsp3) is 0.550. The van der Waals surface area contributed by atoms with Crippen molar-refractivity contribution in [3.05, 3.63) is 35.9 Å². The molecule has 1 aromatic carbocycles. The second-order valence-corrected chi connectivity index (χ2v) is 7.73. The Labute approximate surface area is 167 Å². The van der Waals surface area contributed by atoms with Crippen molar-refractivity contribution in [3.8, 4) is 0 Å². The molecule has 9 heteroatoms. The molecule has 160 valence electrons. The molecule has 1 aliphatic rings. The number of carbonyl (C=O) groups is 3. The van der Waals surface area contributed by atoms with E-state index in [1.54, 1.807) is 12.2 Å². The van der Waals surface area contributed by atoms with E-state index in [9.17, 15) is 27.6 Å². The molecule has 0 aromatic heterocycles. The van der Waals surface area contributed by atoms with Gasteiger partial charge in [-0.3, -0.25) is 14.5 Å². The molecular formula is C20H26F3N3O3. The molecule has 2 unspecified atom stereocenters. The van der Waals surface area contributed by atoms with Crippen LogP contribution in [0.25, 0.3) is 0 Å². The van der Waals surface area contributed by atoms with Gasteiger partial charge in [-0.1, -0.05) is 57.0 Å². The van der Waals surface area contributed by atoms with E-state index in [0.717, 1.165) is 25.0 Å². The van der Waals surface area contributed by atoms with Crippen molar-refractivity contribution in [2.75, 3.05) is 6.54 Å². The Hall–Kier alpha value is -2.58. The minimum atomic E-state index is -5.07. The van der Waals surface area contributed by atoms with Crippen LogP contribution in [0, 0.1) is 5.92 Å². The number of amides is 4. The first-order valence-electron chi connectivity index (χ1n) is 9.54. The van der Waals surface area contributed by atoms with Gasteiger partial charge in [0.05, 0.1) is 0 Å². The topological polar surface area (TPSA) is 78.5 Å². The smallest absolute Gasteiger partial charge is 0.352 e. The van der Waals surface area contributed by atoms with Gasteiger partial charge in [-0.25, -0.2) is 4.79 Å². The third-order valence-corrected chi connectivity index (χ3v) is 4.87. The molecule has 0 aliphatic carbocycles. The molecule has 2 N–H and O–H groups in total.